The highest BCUT2D eigenvalue weighted by Gasteiger charge is 2.42. The largest absolute Gasteiger partial charge is 0.457 e. The van der Waals surface area contributed by atoms with Gasteiger partial charge >= 0.3 is 5.92 Å². The van der Waals surface area contributed by atoms with Crippen molar-refractivity contribution in [1.82, 2.24) is 15.3 Å². The summed E-state index contributed by atoms with van der Waals surface area (Å²) < 4.78 is 38.9. The molecule has 1 unspecified atom stereocenters. The number of halogens is 2. The Kier molecular flexibility index (Phi) is 7.03. The van der Waals surface area contributed by atoms with Crippen LogP contribution in [0.25, 0.3) is 0 Å². The zero-order chi connectivity index (χ0) is 26.7. The summed E-state index contributed by atoms with van der Waals surface area (Å²) in [6.07, 6.45) is 2.23. The third-order valence-corrected chi connectivity index (χ3v) is 6.36. The summed E-state index contributed by atoms with van der Waals surface area (Å²) in [6.45, 7) is -0.0486. The third-order valence-electron chi connectivity index (χ3n) is 6.36. The average Bonchev–Trinajstić information content (AvgIpc) is 2.99. The summed E-state index contributed by atoms with van der Waals surface area (Å²) >= 11 is 0. The fourth-order valence-corrected chi connectivity index (χ4v) is 4.08. The van der Waals surface area contributed by atoms with Gasteiger partial charge < -0.3 is 14.8 Å². The summed E-state index contributed by atoms with van der Waals surface area (Å²) in [7, 11) is 1.53. The lowest BCUT2D eigenvalue weighted by Gasteiger charge is -2.29. The molecule has 0 spiro atoms. The molecular formula is C28H24F2N4O4. The standard InChI is InChI=1S/C28H24F2N4O4/c1-34-25-18(7-9-20(32-25)11-13-28(29,30)19-16-37-17-19)8-10-23(27(34)36)33-26(35)24-15-22(12-14-31-24)38-21-5-3-2-4-6-21/h2-7,9,12,14-15,19,23H,8,10,16-17H2,1H3,(H,33,35). The number of rotatable bonds is 5. The maximum Gasteiger partial charge on any atom is 0.315 e. The van der Waals surface area contributed by atoms with Gasteiger partial charge in [0.05, 0.1) is 19.1 Å². The van der Waals surface area contributed by atoms with Crippen molar-refractivity contribution in [3.63, 3.8) is 0 Å². The van der Waals surface area contributed by atoms with Gasteiger partial charge in [-0.2, -0.15) is 8.78 Å². The van der Waals surface area contributed by atoms with Crippen LogP contribution in [0.2, 0.25) is 0 Å². The van der Waals surface area contributed by atoms with Crippen molar-refractivity contribution in [2.45, 2.75) is 24.8 Å². The van der Waals surface area contributed by atoms with Crippen molar-refractivity contribution in [1.29, 1.82) is 0 Å². The number of hydrogen-bond donors (Lipinski definition) is 1. The van der Waals surface area contributed by atoms with E-state index in [2.05, 4.69) is 21.2 Å². The summed E-state index contributed by atoms with van der Waals surface area (Å²) in [5, 5.41) is 2.75. The molecule has 3 aromatic rings. The zero-order valence-corrected chi connectivity index (χ0v) is 20.5. The number of nitrogens with one attached hydrogen (secondary N) is 1. The number of carbonyl (C=O) groups is 2. The predicted octanol–water partition coefficient (Wildman–Crippen LogP) is 3.61. The van der Waals surface area contributed by atoms with Gasteiger partial charge in [0.25, 0.3) is 5.91 Å². The Morgan fingerprint density at radius 2 is 1.95 bits per heavy atom. The lowest BCUT2D eigenvalue weighted by Crippen LogP contribution is -2.47. The Labute approximate surface area is 218 Å². The molecule has 1 saturated heterocycles. The third kappa shape index (κ3) is 5.48. The number of hydrogen-bond acceptors (Lipinski definition) is 6. The molecule has 0 aliphatic carbocycles. The second kappa shape index (κ2) is 10.6. The molecule has 4 heterocycles. The van der Waals surface area contributed by atoms with Crippen molar-refractivity contribution in [2.24, 2.45) is 5.92 Å². The van der Waals surface area contributed by atoms with Crippen LogP contribution in [0.4, 0.5) is 14.6 Å². The maximum atomic E-state index is 14.1. The number of anilines is 1. The number of benzene rings is 1. The highest BCUT2D eigenvalue weighted by Crippen LogP contribution is 2.30. The molecule has 5 rings (SSSR count). The second-order valence-corrected chi connectivity index (χ2v) is 9.04. The van der Waals surface area contributed by atoms with Gasteiger partial charge in [-0.25, -0.2) is 4.98 Å². The smallest absolute Gasteiger partial charge is 0.315 e. The van der Waals surface area contributed by atoms with Gasteiger partial charge in [-0.15, -0.1) is 0 Å². The number of fused-ring (bicyclic) bond motifs is 1. The molecule has 1 atom stereocenters. The van der Waals surface area contributed by atoms with Crippen LogP contribution in [0.3, 0.4) is 0 Å². The molecule has 194 valence electrons. The highest BCUT2D eigenvalue weighted by atomic mass is 19.3. The van der Waals surface area contributed by atoms with Crippen LogP contribution in [0.15, 0.2) is 60.8 Å². The summed E-state index contributed by atoms with van der Waals surface area (Å²) in [5.41, 5.74) is 0.980. The number of para-hydroxylation sites is 1. The van der Waals surface area contributed by atoms with Gasteiger partial charge in [0, 0.05) is 19.3 Å². The van der Waals surface area contributed by atoms with E-state index < -0.39 is 23.8 Å². The molecule has 0 bridgehead atoms. The van der Waals surface area contributed by atoms with E-state index in [9.17, 15) is 18.4 Å². The van der Waals surface area contributed by atoms with Crippen LogP contribution in [0.5, 0.6) is 11.5 Å². The Morgan fingerprint density at radius 1 is 1.16 bits per heavy atom. The molecule has 2 aliphatic rings. The molecule has 1 N–H and O–H groups in total. The minimum absolute atomic E-state index is 0.0243. The van der Waals surface area contributed by atoms with E-state index in [4.69, 9.17) is 9.47 Å². The molecule has 1 fully saturated rings. The first-order valence-corrected chi connectivity index (χ1v) is 12.1. The predicted molar refractivity (Wildman–Crippen MR) is 134 cm³/mol. The topological polar surface area (TPSA) is 93.7 Å². The maximum absolute atomic E-state index is 14.1. The Bertz CT molecular complexity index is 1420. The number of likely N-dealkylation sites (N-methyl/N-ethyl adjacent to an activating group) is 1. The minimum atomic E-state index is -3.18. The molecule has 2 aliphatic heterocycles. The van der Waals surface area contributed by atoms with E-state index in [1.165, 1.54) is 24.2 Å². The lowest BCUT2D eigenvalue weighted by atomic mass is 10.00. The summed E-state index contributed by atoms with van der Waals surface area (Å²) in [6, 6.07) is 14.7. The number of aromatic nitrogens is 2. The van der Waals surface area contributed by atoms with E-state index >= 15 is 0 Å². The number of pyridine rings is 2. The van der Waals surface area contributed by atoms with Crippen LogP contribution < -0.4 is 15.0 Å². The van der Waals surface area contributed by atoms with E-state index in [1.54, 1.807) is 30.3 Å². The van der Waals surface area contributed by atoms with Crippen molar-refractivity contribution in [2.75, 3.05) is 25.2 Å². The Morgan fingerprint density at radius 3 is 2.68 bits per heavy atom. The van der Waals surface area contributed by atoms with Gasteiger partial charge in [0.15, 0.2) is 0 Å². The molecule has 1 aromatic carbocycles. The summed E-state index contributed by atoms with van der Waals surface area (Å²) in [4.78, 5) is 36.0. The quantitative estimate of drug-likeness (QED) is 0.519. The van der Waals surface area contributed by atoms with Gasteiger partial charge in [0.1, 0.15) is 34.7 Å². The Hall–Kier alpha value is -4.36. The number of carbonyl (C=O) groups excluding carboxylic acids is 2. The van der Waals surface area contributed by atoms with Crippen molar-refractivity contribution < 1.29 is 27.8 Å². The molecule has 0 saturated carbocycles. The van der Waals surface area contributed by atoms with Crippen molar-refractivity contribution in [3.05, 3.63) is 77.7 Å². The van der Waals surface area contributed by atoms with Crippen LogP contribution >= 0.6 is 0 Å². The van der Waals surface area contributed by atoms with Gasteiger partial charge in [-0.3, -0.25) is 19.5 Å². The number of ether oxygens (including phenoxy) is 2. The molecular weight excluding hydrogens is 494 g/mol. The number of amides is 2. The van der Waals surface area contributed by atoms with Crippen LogP contribution in [0.1, 0.15) is 28.2 Å². The lowest BCUT2D eigenvalue weighted by molar-refractivity contribution is -0.139. The fraction of sp³-hybridized carbons (Fsp3) is 0.286. The van der Waals surface area contributed by atoms with E-state index in [0.29, 0.717) is 30.2 Å². The molecule has 8 nitrogen and oxygen atoms in total. The summed E-state index contributed by atoms with van der Waals surface area (Å²) in [5.74, 6) is 0.779. The fourth-order valence-electron chi connectivity index (χ4n) is 4.08. The van der Waals surface area contributed by atoms with Crippen LogP contribution in [0, 0.1) is 17.8 Å². The molecule has 38 heavy (non-hydrogen) atoms. The zero-order valence-electron chi connectivity index (χ0n) is 20.5. The molecule has 0 radical (unpaired) electrons. The van der Waals surface area contributed by atoms with Crippen LogP contribution in [-0.2, 0) is 16.0 Å². The number of nitrogens with zero attached hydrogens (tertiary/aromatic N) is 3. The van der Waals surface area contributed by atoms with Gasteiger partial charge in [0.2, 0.25) is 5.91 Å². The average molecular weight is 519 g/mol. The first-order chi connectivity index (χ1) is 18.3. The second-order valence-electron chi connectivity index (χ2n) is 9.04. The molecule has 2 aromatic heterocycles. The first kappa shape index (κ1) is 25.3. The normalized spacial score (nSPS) is 17.4. The minimum Gasteiger partial charge on any atom is -0.457 e. The Balaban J connectivity index is 1.28. The number of aryl methyl sites for hydroxylation is 1. The van der Waals surface area contributed by atoms with Crippen molar-refractivity contribution >= 4 is 17.6 Å². The monoisotopic (exact) mass is 518 g/mol. The van der Waals surface area contributed by atoms with E-state index in [0.717, 1.165) is 5.56 Å². The number of alkyl halides is 2. The van der Waals surface area contributed by atoms with Gasteiger partial charge in [-0.1, -0.05) is 24.3 Å². The van der Waals surface area contributed by atoms with Gasteiger partial charge in [-0.05, 0) is 54.5 Å². The first-order valence-electron chi connectivity index (χ1n) is 12.1. The molecule has 10 heteroatoms. The highest BCUT2D eigenvalue weighted by molar-refractivity contribution is 6.02. The van der Waals surface area contributed by atoms with Crippen molar-refractivity contribution in [3.8, 4) is 23.3 Å². The SMILES string of the molecule is CN1C(=O)C(NC(=O)c2cc(Oc3ccccc3)ccn2)CCc2ccc(C#CC(F)(F)C3COC3)nc21. The molecule has 2 amide bonds. The van der Waals surface area contributed by atoms with E-state index in [1.807, 2.05) is 24.1 Å². The van der Waals surface area contributed by atoms with E-state index in [-0.39, 0.29) is 30.5 Å². The van der Waals surface area contributed by atoms with Crippen LogP contribution in [-0.4, -0.2) is 54.0 Å².